The number of benzene rings is 2. The second-order valence-electron chi connectivity index (χ2n) is 5.08. The maximum absolute atomic E-state index is 12.0. The summed E-state index contributed by atoms with van der Waals surface area (Å²) in [5.74, 6) is -0.215. The second kappa shape index (κ2) is 6.36. The molecule has 3 rings (SSSR count). The third-order valence-electron chi connectivity index (χ3n) is 3.38. The third kappa shape index (κ3) is 3.40. The van der Waals surface area contributed by atoms with Crippen LogP contribution in [0.1, 0.15) is 22.8 Å². The summed E-state index contributed by atoms with van der Waals surface area (Å²) >= 11 is 0. The van der Waals surface area contributed by atoms with Crippen molar-refractivity contribution in [2.45, 2.75) is 13.0 Å². The predicted molar refractivity (Wildman–Crippen MR) is 86.1 cm³/mol. The first-order valence-electron chi connectivity index (χ1n) is 7.17. The molecule has 0 saturated heterocycles. The molecular weight excluding hydrogens is 294 g/mol. The molecule has 2 aromatic rings. The SMILES string of the molecule is CC1Oc2ccc(C(=O)OC=Cc3ccccc3)cc2NC1=O. The van der Waals surface area contributed by atoms with E-state index in [0.29, 0.717) is 17.0 Å². The summed E-state index contributed by atoms with van der Waals surface area (Å²) < 4.78 is 10.5. The van der Waals surface area contributed by atoms with Crippen molar-refractivity contribution in [2.24, 2.45) is 0 Å². The molecule has 1 atom stereocenters. The Hall–Kier alpha value is -3.08. The van der Waals surface area contributed by atoms with Gasteiger partial charge in [-0.05, 0) is 36.8 Å². The van der Waals surface area contributed by atoms with Crippen molar-refractivity contribution in [1.29, 1.82) is 0 Å². The monoisotopic (exact) mass is 309 g/mol. The number of carbonyl (C=O) groups is 2. The highest BCUT2D eigenvalue weighted by Gasteiger charge is 2.24. The zero-order valence-electron chi connectivity index (χ0n) is 12.5. The van der Waals surface area contributed by atoms with Crippen LogP contribution in [0.2, 0.25) is 0 Å². The minimum atomic E-state index is -0.547. The van der Waals surface area contributed by atoms with Crippen molar-refractivity contribution in [3.8, 4) is 5.75 Å². The number of fused-ring (bicyclic) bond motifs is 1. The molecule has 0 aromatic heterocycles. The number of nitrogens with one attached hydrogen (secondary N) is 1. The first kappa shape index (κ1) is 14.8. The number of esters is 1. The maximum atomic E-state index is 12.0. The summed E-state index contributed by atoms with van der Waals surface area (Å²) in [5.41, 5.74) is 1.73. The largest absolute Gasteiger partial charge is 0.479 e. The molecule has 0 fully saturated rings. The topological polar surface area (TPSA) is 64.6 Å². The summed E-state index contributed by atoms with van der Waals surface area (Å²) in [5, 5.41) is 2.70. The number of hydrogen-bond acceptors (Lipinski definition) is 4. The molecule has 116 valence electrons. The minimum Gasteiger partial charge on any atom is -0.479 e. The van der Waals surface area contributed by atoms with Crippen molar-refractivity contribution >= 4 is 23.6 Å². The Bertz CT molecular complexity index is 768. The molecule has 0 radical (unpaired) electrons. The summed E-state index contributed by atoms with van der Waals surface area (Å²) in [7, 11) is 0. The predicted octanol–water partition coefficient (Wildman–Crippen LogP) is 3.23. The van der Waals surface area contributed by atoms with Gasteiger partial charge in [0.05, 0.1) is 17.5 Å². The van der Waals surface area contributed by atoms with Gasteiger partial charge in [-0.2, -0.15) is 0 Å². The van der Waals surface area contributed by atoms with Crippen LogP contribution < -0.4 is 10.1 Å². The molecular formula is C18H15NO4. The lowest BCUT2D eigenvalue weighted by atomic mass is 10.1. The normalized spacial score (nSPS) is 16.4. The Morgan fingerprint density at radius 1 is 1.22 bits per heavy atom. The van der Waals surface area contributed by atoms with E-state index in [1.54, 1.807) is 25.1 Å². The van der Waals surface area contributed by atoms with Crippen molar-refractivity contribution in [1.82, 2.24) is 0 Å². The van der Waals surface area contributed by atoms with Crippen LogP contribution in [0.4, 0.5) is 5.69 Å². The van der Waals surface area contributed by atoms with Crippen LogP contribution in [0.5, 0.6) is 5.75 Å². The number of carbonyl (C=O) groups excluding carboxylic acids is 2. The lowest BCUT2D eigenvalue weighted by molar-refractivity contribution is -0.122. The van der Waals surface area contributed by atoms with Crippen molar-refractivity contribution in [3.05, 3.63) is 65.9 Å². The number of ether oxygens (including phenoxy) is 2. The molecule has 0 bridgehead atoms. The van der Waals surface area contributed by atoms with Gasteiger partial charge in [0.15, 0.2) is 6.10 Å². The van der Waals surface area contributed by atoms with Gasteiger partial charge >= 0.3 is 5.97 Å². The summed E-state index contributed by atoms with van der Waals surface area (Å²) in [4.78, 5) is 23.6. The zero-order valence-corrected chi connectivity index (χ0v) is 12.5. The van der Waals surface area contributed by atoms with Crippen molar-refractivity contribution < 1.29 is 19.1 Å². The number of hydrogen-bond donors (Lipinski definition) is 1. The standard InChI is InChI=1S/C18H15NO4/c1-12-17(20)19-15-11-14(7-8-16(15)23-12)18(21)22-10-9-13-5-3-2-4-6-13/h2-12H,1H3,(H,19,20). The Kier molecular flexibility index (Phi) is 4.10. The second-order valence-corrected chi connectivity index (χ2v) is 5.08. The molecule has 23 heavy (non-hydrogen) atoms. The zero-order chi connectivity index (χ0) is 16.2. The van der Waals surface area contributed by atoms with Crippen LogP contribution in [-0.4, -0.2) is 18.0 Å². The van der Waals surface area contributed by atoms with E-state index >= 15 is 0 Å². The van der Waals surface area contributed by atoms with E-state index in [4.69, 9.17) is 9.47 Å². The molecule has 5 heteroatoms. The molecule has 1 heterocycles. The fourth-order valence-electron chi connectivity index (χ4n) is 2.14. The molecule has 5 nitrogen and oxygen atoms in total. The molecule has 1 amide bonds. The van der Waals surface area contributed by atoms with Crippen LogP contribution in [0, 0.1) is 0 Å². The van der Waals surface area contributed by atoms with E-state index in [1.165, 1.54) is 12.3 Å². The smallest absolute Gasteiger partial charge is 0.343 e. The Balaban J connectivity index is 1.70. The molecule has 1 N–H and O–H groups in total. The molecule has 1 aliphatic heterocycles. The van der Waals surface area contributed by atoms with Gasteiger partial charge in [0.1, 0.15) is 5.75 Å². The van der Waals surface area contributed by atoms with Gasteiger partial charge in [-0.1, -0.05) is 30.3 Å². The van der Waals surface area contributed by atoms with Gasteiger partial charge in [-0.15, -0.1) is 0 Å². The Labute approximate surface area is 133 Å². The van der Waals surface area contributed by atoms with Crippen LogP contribution in [-0.2, 0) is 9.53 Å². The maximum Gasteiger partial charge on any atom is 0.343 e. The van der Waals surface area contributed by atoms with E-state index in [2.05, 4.69) is 5.32 Å². The van der Waals surface area contributed by atoms with E-state index in [9.17, 15) is 9.59 Å². The highest BCUT2D eigenvalue weighted by Crippen LogP contribution is 2.30. The molecule has 0 saturated carbocycles. The van der Waals surface area contributed by atoms with Crippen LogP contribution in [0.3, 0.4) is 0 Å². The number of amides is 1. The average Bonchev–Trinajstić information content (AvgIpc) is 2.56. The fraction of sp³-hybridized carbons (Fsp3) is 0.111. The van der Waals surface area contributed by atoms with Gasteiger partial charge in [0.25, 0.3) is 5.91 Å². The third-order valence-corrected chi connectivity index (χ3v) is 3.38. The quantitative estimate of drug-likeness (QED) is 0.698. The van der Waals surface area contributed by atoms with E-state index in [-0.39, 0.29) is 5.91 Å². The summed E-state index contributed by atoms with van der Waals surface area (Å²) in [6.45, 7) is 1.66. The van der Waals surface area contributed by atoms with Gasteiger partial charge in [-0.3, -0.25) is 4.79 Å². The molecule has 0 spiro atoms. The van der Waals surface area contributed by atoms with Gasteiger partial charge in [0, 0.05) is 0 Å². The molecule has 0 aliphatic carbocycles. The molecule has 1 unspecified atom stereocenters. The highest BCUT2D eigenvalue weighted by molar-refractivity contribution is 5.99. The van der Waals surface area contributed by atoms with Gasteiger partial charge < -0.3 is 14.8 Å². The number of anilines is 1. The Morgan fingerprint density at radius 2 is 2.00 bits per heavy atom. The van der Waals surface area contributed by atoms with E-state index in [0.717, 1.165) is 5.56 Å². The average molecular weight is 309 g/mol. The van der Waals surface area contributed by atoms with Gasteiger partial charge in [0.2, 0.25) is 0 Å². The first-order valence-corrected chi connectivity index (χ1v) is 7.17. The Morgan fingerprint density at radius 3 is 2.78 bits per heavy atom. The molecule has 1 aliphatic rings. The van der Waals surface area contributed by atoms with Crippen molar-refractivity contribution in [2.75, 3.05) is 5.32 Å². The fourth-order valence-corrected chi connectivity index (χ4v) is 2.14. The number of rotatable bonds is 3. The van der Waals surface area contributed by atoms with Gasteiger partial charge in [-0.25, -0.2) is 4.79 Å². The molecule has 2 aromatic carbocycles. The lowest BCUT2D eigenvalue weighted by Crippen LogP contribution is -2.34. The first-order chi connectivity index (χ1) is 11.1. The van der Waals surface area contributed by atoms with E-state index < -0.39 is 12.1 Å². The lowest BCUT2D eigenvalue weighted by Gasteiger charge is -2.23. The van der Waals surface area contributed by atoms with E-state index in [1.807, 2.05) is 30.3 Å². The summed E-state index contributed by atoms with van der Waals surface area (Å²) in [6, 6.07) is 14.3. The minimum absolute atomic E-state index is 0.244. The summed E-state index contributed by atoms with van der Waals surface area (Å²) in [6.07, 6.45) is 2.49. The van der Waals surface area contributed by atoms with Crippen LogP contribution >= 0.6 is 0 Å². The van der Waals surface area contributed by atoms with Crippen LogP contribution in [0.15, 0.2) is 54.8 Å². The van der Waals surface area contributed by atoms with Crippen LogP contribution in [0.25, 0.3) is 6.08 Å². The highest BCUT2D eigenvalue weighted by atomic mass is 16.5. The van der Waals surface area contributed by atoms with Crippen molar-refractivity contribution in [3.63, 3.8) is 0 Å².